The molecule has 0 aromatic carbocycles. The van der Waals surface area contributed by atoms with E-state index < -0.39 is 24.2 Å². The minimum absolute atomic E-state index is 0.0561. The van der Waals surface area contributed by atoms with E-state index in [0.29, 0.717) is 13.2 Å². The summed E-state index contributed by atoms with van der Waals surface area (Å²) in [6, 6.07) is 0. The van der Waals surface area contributed by atoms with Crippen LogP contribution in [0.4, 0.5) is 4.79 Å². The molecule has 0 aromatic rings. The lowest BCUT2D eigenvalue weighted by Crippen LogP contribution is -2.46. The van der Waals surface area contributed by atoms with E-state index in [2.05, 4.69) is 0 Å². The van der Waals surface area contributed by atoms with Crippen LogP contribution in [0.1, 0.15) is 26.7 Å². The van der Waals surface area contributed by atoms with Crippen LogP contribution >= 0.6 is 0 Å². The van der Waals surface area contributed by atoms with Gasteiger partial charge in [0.05, 0.1) is 13.2 Å². The van der Waals surface area contributed by atoms with Crippen molar-refractivity contribution in [3.63, 3.8) is 0 Å². The zero-order valence-electron chi connectivity index (χ0n) is 10.1. The Labute approximate surface area is 100 Å². The van der Waals surface area contributed by atoms with Crippen molar-refractivity contribution in [1.82, 2.24) is 4.90 Å². The molecule has 2 aliphatic rings. The Morgan fingerprint density at radius 3 is 2.59 bits per heavy atom. The van der Waals surface area contributed by atoms with Gasteiger partial charge in [-0.15, -0.1) is 0 Å². The fourth-order valence-corrected chi connectivity index (χ4v) is 1.95. The number of aliphatic hydroxyl groups excluding tert-OH is 2. The fourth-order valence-electron chi connectivity index (χ4n) is 1.95. The first-order chi connectivity index (χ1) is 7.92. The molecule has 0 bridgehead atoms. The van der Waals surface area contributed by atoms with E-state index in [1.807, 2.05) is 0 Å². The second kappa shape index (κ2) is 4.44. The van der Waals surface area contributed by atoms with E-state index in [4.69, 9.17) is 9.47 Å². The third-order valence-corrected chi connectivity index (χ3v) is 3.26. The van der Waals surface area contributed by atoms with Gasteiger partial charge in [0.25, 0.3) is 0 Å². The Hall–Kier alpha value is -0.850. The molecule has 2 atom stereocenters. The van der Waals surface area contributed by atoms with Crippen molar-refractivity contribution in [2.75, 3.05) is 13.2 Å². The Balaban J connectivity index is 1.87. The molecule has 1 aliphatic heterocycles. The summed E-state index contributed by atoms with van der Waals surface area (Å²) in [7, 11) is 0. The summed E-state index contributed by atoms with van der Waals surface area (Å²) >= 11 is 0. The Kier molecular flexibility index (Phi) is 3.29. The number of aliphatic hydroxyl groups is 2. The second-order valence-electron chi connectivity index (χ2n) is 5.05. The molecule has 0 radical (unpaired) electrons. The van der Waals surface area contributed by atoms with Crippen LogP contribution in [-0.4, -0.2) is 52.5 Å². The molecule has 6 heteroatoms. The molecule has 17 heavy (non-hydrogen) atoms. The maximum atomic E-state index is 11.8. The van der Waals surface area contributed by atoms with E-state index in [0.717, 1.165) is 12.8 Å². The van der Waals surface area contributed by atoms with Gasteiger partial charge in [-0.25, -0.2) is 4.79 Å². The summed E-state index contributed by atoms with van der Waals surface area (Å²) in [5.74, 6) is 0.0561. The average molecular weight is 245 g/mol. The first kappa shape index (κ1) is 12.6. The molecule has 1 aliphatic carbocycles. The Morgan fingerprint density at radius 1 is 1.47 bits per heavy atom. The molecule has 1 amide bonds. The lowest BCUT2D eigenvalue weighted by Gasteiger charge is -2.30. The van der Waals surface area contributed by atoms with Crippen LogP contribution in [0, 0.1) is 5.92 Å². The molecule has 2 rings (SSSR count). The molecular formula is C11H19NO5. The minimum Gasteiger partial charge on any atom is -0.417 e. The quantitative estimate of drug-likeness (QED) is 0.698. The van der Waals surface area contributed by atoms with E-state index in [9.17, 15) is 15.0 Å². The summed E-state index contributed by atoms with van der Waals surface area (Å²) in [5.41, 5.74) is -0.721. The first-order valence-corrected chi connectivity index (χ1v) is 5.90. The highest BCUT2D eigenvalue weighted by atomic mass is 16.7. The number of carbonyl (C=O) groups excluding carboxylic acids is 1. The lowest BCUT2D eigenvalue weighted by atomic mass is 10.2. The van der Waals surface area contributed by atoms with Gasteiger partial charge in [0.1, 0.15) is 11.8 Å². The van der Waals surface area contributed by atoms with E-state index in [1.165, 1.54) is 4.90 Å². The molecule has 0 spiro atoms. The molecule has 1 saturated carbocycles. The first-order valence-electron chi connectivity index (χ1n) is 5.90. The number of hydrogen-bond acceptors (Lipinski definition) is 5. The molecular weight excluding hydrogens is 226 g/mol. The van der Waals surface area contributed by atoms with Crippen LogP contribution in [-0.2, 0) is 9.47 Å². The summed E-state index contributed by atoms with van der Waals surface area (Å²) in [5, 5.41) is 19.2. The van der Waals surface area contributed by atoms with Gasteiger partial charge in [0.15, 0.2) is 0 Å². The monoisotopic (exact) mass is 245 g/mol. The maximum Gasteiger partial charge on any atom is 0.414 e. The molecule has 1 heterocycles. The number of amides is 1. The van der Waals surface area contributed by atoms with Gasteiger partial charge in [0.2, 0.25) is 6.29 Å². The maximum absolute atomic E-state index is 11.8. The molecule has 98 valence electrons. The molecule has 1 unspecified atom stereocenters. The zero-order valence-corrected chi connectivity index (χ0v) is 10.1. The Bertz CT molecular complexity index is 302. The predicted octanol–water partition coefficient (Wildman–Crippen LogP) is 0.281. The third kappa shape index (κ3) is 2.70. The molecule has 6 nitrogen and oxygen atoms in total. The highest BCUT2D eigenvalue weighted by Crippen LogP contribution is 2.34. The second-order valence-corrected chi connectivity index (χ2v) is 5.05. The van der Waals surface area contributed by atoms with Gasteiger partial charge >= 0.3 is 6.09 Å². The van der Waals surface area contributed by atoms with Crippen LogP contribution < -0.4 is 0 Å². The summed E-state index contributed by atoms with van der Waals surface area (Å²) in [4.78, 5) is 13.2. The van der Waals surface area contributed by atoms with Crippen LogP contribution in [0.5, 0.6) is 0 Å². The predicted molar refractivity (Wildman–Crippen MR) is 58.0 cm³/mol. The van der Waals surface area contributed by atoms with Crippen molar-refractivity contribution in [1.29, 1.82) is 0 Å². The number of carbonyl (C=O) groups is 1. The van der Waals surface area contributed by atoms with Crippen LogP contribution in [0.2, 0.25) is 0 Å². The van der Waals surface area contributed by atoms with Crippen molar-refractivity contribution in [3.8, 4) is 0 Å². The van der Waals surface area contributed by atoms with Crippen LogP contribution in [0.3, 0.4) is 0 Å². The van der Waals surface area contributed by atoms with Crippen molar-refractivity contribution in [3.05, 3.63) is 0 Å². The SMILES string of the molecule is CC1(C)OCCN1C(=O)O[C@@H](O)C(O)C1CC1. The third-order valence-electron chi connectivity index (χ3n) is 3.26. The largest absolute Gasteiger partial charge is 0.417 e. The highest BCUT2D eigenvalue weighted by Gasteiger charge is 2.41. The molecule has 2 fully saturated rings. The standard InChI is InChI=1S/C11H19NO5/c1-11(2)12(5-6-16-11)10(15)17-9(14)8(13)7-3-4-7/h7-9,13-14H,3-6H2,1-2H3/t8?,9-/m1/s1. The van der Waals surface area contributed by atoms with Crippen molar-refractivity contribution < 1.29 is 24.5 Å². The van der Waals surface area contributed by atoms with Crippen LogP contribution in [0.15, 0.2) is 0 Å². The van der Waals surface area contributed by atoms with Crippen molar-refractivity contribution in [2.24, 2.45) is 5.92 Å². The van der Waals surface area contributed by atoms with Crippen molar-refractivity contribution >= 4 is 6.09 Å². The summed E-state index contributed by atoms with van der Waals surface area (Å²) in [6.07, 6.45) is -1.35. The van der Waals surface area contributed by atoms with E-state index in [1.54, 1.807) is 13.8 Å². The zero-order chi connectivity index (χ0) is 12.6. The smallest absolute Gasteiger partial charge is 0.414 e. The highest BCUT2D eigenvalue weighted by molar-refractivity contribution is 5.68. The van der Waals surface area contributed by atoms with Gasteiger partial charge < -0.3 is 19.7 Å². The topological polar surface area (TPSA) is 79.2 Å². The molecule has 0 aromatic heterocycles. The number of rotatable bonds is 3. The number of nitrogens with zero attached hydrogens (tertiary/aromatic N) is 1. The van der Waals surface area contributed by atoms with Gasteiger partial charge in [-0.2, -0.15) is 0 Å². The van der Waals surface area contributed by atoms with Crippen LogP contribution in [0.25, 0.3) is 0 Å². The van der Waals surface area contributed by atoms with Gasteiger partial charge in [0, 0.05) is 0 Å². The fraction of sp³-hybridized carbons (Fsp3) is 0.909. The van der Waals surface area contributed by atoms with Gasteiger partial charge in [-0.05, 0) is 32.6 Å². The lowest BCUT2D eigenvalue weighted by molar-refractivity contribution is -0.146. The molecule has 1 saturated heterocycles. The van der Waals surface area contributed by atoms with Gasteiger partial charge in [-0.3, -0.25) is 4.90 Å². The van der Waals surface area contributed by atoms with Gasteiger partial charge in [-0.1, -0.05) is 0 Å². The Morgan fingerprint density at radius 2 is 2.12 bits per heavy atom. The summed E-state index contributed by atoms with van der Waals surface area (Å²) in [6.45, 7) is 4.39. The van der Waals surface area contributed by atoms with E-state index in [-0.39, 0.29) is 5.92 Å². The van der Waals surface area contributed by atoms with Crippen molar-refractivity contribution in [2.45, 2.75) is 44.8 Å². The minimum atomic E-state index is -1.45. The van der Waals surface area contributed by atoms with E-state index >= 15 is 0 Å². The molecule has 2 N–H and O–H groups in total. The average Bonchev–Trinajstić information content (AvgIpc) is 3.01. The summed E-state index contributed by atoms with van der Waals surface area (Å²) < 4.78 is 10.2. The number of hydrogen-bond donors (Lipinski definition) is 2. The normalized spacial score (nSPS) is 26.7. The number of ether oxygens (including phenoxy) is 2.